The Balaban J connectivity index is 2.63. The van der Waals surface area contributed by atoms with Gasteiger partial charge < -0.3 is 5.73 Å². The van der Waals surface area contributed by atoms with Crippen LogP contribution in [0, 0.1) is 3.57 Å². The zero-order chi connectivity index (χ0) is 8.97. The summed E-state index contributed by atoms with van der Waals surface area (Å²) < 4.78 is 1.29. The van der Waals surface area contributed by atoms with Crippen molar-refractivity contribution in [1.29, 1.82) is 0 Å². The summed E-state index contributed by atoms with van der Waals surface area (Å²) in [6.07, 6.45) is 2.04. The van der Waals surface area contributed by atoms with Crippen LogP contribution in [0.3, 0.4) is 0 Å². The fourth-order valence-electron chi connectivity index (χ4n) is 1.11. The highest BCUT2D eigenvalue weighted by Crippen LogP contribution is 2.09. The van der Waals surface area contributed by atoms with Crippen molar-refractivity contribution < 1.29 is 0 Å². The summed E-state index contributed by atoms with van der Waals surface area (Å²) in [4.78, 5) is 0. The van der Waals surface area contributed by atoms with Crippen LogP contribution in [0.15, 0.2) is 24.3 Å². The van der Waals surface area contributed by atoms with Gasteiger partial charge in [-0.25, -0.2) is 0 Å². The van der Waals surface area contributed by atoms with Gasteiger partial charge in [0.15, 0.2) is 0 Å². The molecule has 0 aliphatic carbocycles. The van der Waals surface area contributed by atoms with E-state index in [4.69, 9.17) is 5.73 Å². The average molecular weight is 275 g/mol. The molecule has 0 aliphatic heterocycles. The van der Waals surface area contributed by atoms with Gasteiger partial charge in [-0.05, 0) is 53.1 Å². The average Bonchev–Trinajstić information content (AvgIpc) is 2.04. The third-order valence-electron chi connectivity index (χ3n) is 1.91. The van der Waals surface area contributed by atoms with Gasteiger partial charge in [-0.1, -0.05) is 19.1 Å². The number of hydrogen-bond donors (Lipinski definition) is 1. The van der Waals surface area contributed by atoms with Gasteiger partial charge in [-0.15, -0.1) is 0 Å². The maximum atomic E-state index is 5.85. The first-order valence-electron chi connectivity index (χ1n) is 4.22. The highest BCUT2D eigenvalue weighted by Gasteiger charge is 2.00. The molecule has 1 atom stereocenters. The molecule has 1 nitrogen and oxygen atoms in total. The summed E-state index contributed by atoms with van der Waals surface area (Å²) in [5.74, 6) is 0. The van der Waals surface area contributed by atoms with E-state index in [1.807, 2.05) is 0 Å². The predicted molar refractivity (Wildman–Crippen MR) is 61.1 cm³/mol. The topological polar surface area (TPSA) is 26.0 Å². The molecule has 0 saturated heterocycles. The van der Waals surface area contributed by atoms with Crippen molar-refractivity contribution in [1.82, 2.24) is 0 Å². The number of benzene rings is 1. The lowest BCUT2D eigenvalue weighted by atomic mass is 10.1. The largest absolute Gasteiger partial charge is 0.327 e. The van der Waals surface area contributed by atoms with Gasteiger partial charge in [0.2, 0.25) is 0 Å². The molecule has 12 heavy (non-hydrogen) atoms. The molecule has 0 heterocycles. The molecule has 66 valence electrons. The lowest BCUT2D eigenvalue weighted by molar-refractivity contribution is 0.646. The van der Waals surface area contributed by atoms with Gasteiger partial charge in [-0.2, -0.15) is 0 Å². The molecule has 0 spiro atoms. The SMILES string of the molecule is CCC(N)Cc1cccc(I)c1. The zero-order valence-electron chi connectivity index (χ0n) is 7.26. The predicted octanol–water partition coefficient (Wildman–Crippen LogP) is 2.57. The summed E-state index contributed by atoms with van der Waals surface area (Å²) in [7, 11) is 0. The van der Waals surface area contributed by atoms with Crippen LogP contribution in [-0.4, -0.2) is 6.04 Å². The van der Waals surface area contributed by atoms with Crippen molar-refractivity contribution in [2.24, 2.45) is 5.73 Å². The minimum atomic E-state index is 0.309. The highest BCUT2D eigenvalue weighted by molar-refractivity contribution is 14.1. The molecule has 1 aromatic carbocycles. The summed E-state index contributed by atoms with van der Waals surface area (Å²) >= 11 is 2.32. The van der Waals surface area contributed by atoms with Crippen LogP contribution in [0.2, 0.25) is 0 Å². The molecule has 2 heteroatoms. The third-order valence-corrected chi connectivity index (χ3v) is 2.58. The minimum Gasteiger partial charge on any atom is -0.327 e. The van der Waals surface area contributed by atoms with Crippen LogP contribution < -0.4 is 5.73 Å². The normalized spacial score (nSPS) is 12.9. The van der Waals surface area contributed by atoms with Crippen LogP contribution >= 0.6 is 22.6 Å². The first-order valence-corrected chi connectivity index (χ1v) is 5.30. The monoisotopic (exact) mass is 275 g/mol. The van der Waals surface area contributed by atoms with E-state index in [0.717, 1.165) is 12.8 Å². The second kappa shape index (κ2) is 4.82. The van der Waals surface area contributed by atoms with Crippen molar-refractivity contribution >= 4 is 22.6 Å². The van der Waals surface area contributed by atoms with Crippen molar-refractivity contribution in [2.75, 3.05) is 0 Å². The molecule has 0 aromatic heterocycles. The van der Waals surface area contributed by atoms with Gasteiger partial charge in [0, 0.05) is 9.61 Å². The van der Waals surface area contributed by atoms with E-state index in [1.54, 1.807) is 0 Å². The summed E-state index contributed by atoms with van der Waals surface area (Å²) in [6.45, 7) is 2.12. The second-order valence-corrected chi connectivity index (χ2v) is 4.25. The molecule has 0 bridgehead atoms. The zero-order valence-corrected chi connectivity index (χ0v) is 9.41. The number of halogens is 1. The van der Waals surface area contributed by atoms with Crippen molar-refractivity contribution in [3.63, 3.8) is 0 Å². The maximum absolute atomic E-state index is 5.85. The lowest BCUT2D eigenvalue weighted by Gasteiger charge is -2.08. The Bertz CT molecular complexity index is 247. The van der Waals surface area contributed by atoms with E-state index < -0.39 is 0 Å². The highest BCUT2D eigenvalue weighted by atomic mass is 127. The number of nitrogens with two attached hydrogens (primary N) is 1. The van der Waals surface area contributed by atoms with E-state index in [-0.39, 0.29) is 0 Å². The standard InChI is InChI=1S/C10H14IN/c1-2-10(12)7-8-4-3-5-9(11)6-8/h3-6,10H,2,7,12H2,1H3. The molecule has 1 aromatic rings. The lowest BCUT2D eigenvalue weighted by Crippen LogP contribution is -2.21. The fraction of sp³-hybridized carbons (Fsp3) is 0.400. The first kappa shape index (κ1) is 9.99. The molecule has 0 amide bonds. The molecule has 0 saturated carbocycles. The van der Waals surface area contributed by atoms with Gasteiger partial charge in [0.05, 0.1) is 0 Å². The Morgan fingerprint density at radius 2 is 2.25 bits per heavy atom. The Hall–Kier alpha value is -0.0900. The molecule has 0 radical (unpaired) electrons. The summed E-state index contributed by atoms with van der Waals surface area (Å²) in [5.41, 5.74) is 7.20. The van der Waals surface area contributed by atoms with Gasteiger partial charge in [0.25, 0.3) is 0 Å². The Kier molecular flexibility index (Phi) is 4.01. The minimum absolute atomic E-state index is 0.309. The Morgan fingerprint density at radius 3 is 2.83 bits per heavy atom. The van der Waals surface area contributed by atoms with Crippen molar-refractivity contribution in [2.45, 2.75) is 25.8 Å². The number of rotatable bonds is 3. The fourth-order valence-corrected chi connectivity index (χ4v) is 1.72. The van der Waals surface area contributed by atoms with Crippen LogP contribution in [0.4, 0.5) is 0 Å². The van der Waals surface area contributed by atoms with Gasteiger partial charge in [0.1, 0.15) is 0 Å². The summed E-state index contributed by atoms with van der Waals surface area (Å²) in [6, 6.07) is 8.82. The van der Waals surface area contributed by atoms with Crippen LogP contribution in [0.5, 0.6) is 0 Å². The van der Waals surface area contributed by atoms with E-state index in [2.05, 4.69) is 53.8 Å². The van der Waals surface area contributed by atoms with E-state index >= 15 is 0 Å². The van der Waals surface area contributed by atoms with Crippen LogP contribution in [0.25, 0.3) is 0 Å². The third kappa shape index (κ3) is 3.11. The Labute approximate surface area is 87.5 Å². The van der Waals surface area contributed by atoms with E-state index in [0.29, 0.717) is 6.04 Å². The van der Waals surface area contributed by atoms with Gasteiger partial charge in [-0.3, -0.25) is 0 Å². The molecule has 0 fully saturated rings. The molecule has 2 N–H and O–H groups in total. The second-order valence-electron chi connectivity index (χ2n) is 3.00. The van der Waals surface area contributed by atoms with E-state index in [1.165, 1.54) is 9.13 Å². The first-order chi connectivity index (χ1) is 5.72. The van der Waals surface area contributed by atoms with Gasteiger partial charge >= 0.3 is 0 Å². The van der Waals surface area contributed by atoms with Crippen molar-refractivity contribution in [3.8, 4) is 0 Å². The molecule has 1 unspecified atom stereocenters. The molecular weight excluding hydrogens is 261 g/mol. The smallest absolute Gasteiger partial charge is 0.0133 e. The van der Waals surface area contributed by atoms with Crippen LogP contribution in [-0.2, 0) is 6.42 Å². The molecule has 1 rings (SSSR count). The van der Waals surface area contributed by atoms with E-state index in [9.17, 15) is 0 Å². The maximum Gasteiger partial charge on any atom is 0.0133 e. The summed E-state index contributed by atoms with van der Waals surface area (Å²) in [5, 5.41) is 0. The number of hydrogen-bond acceptors (Lipinski definition) is 1. The quantitative estimate of drug-likeness (QED) is 0.843. The van der Waals surface area contributed by atoms with Crippen LogP contribution in [0.1, 0.15) is 18.9 Å². The molecule has 0 aliphatic rings. The van der Waals surface area contributed by atoms with Crippen molar-refractivity contribution in [3.05, 3.63) is 33.4 Å². The molecular formula is C10H14IN. The Morgan fingerprint density at radius 1 is 1.50 bits per heavy atom.